The van der Waals surface area contributed by atoms with Crippen LogP contribution in [0.5, 0.6) is 0 Å². The number of rotatable bonds is 8. The number of benzene rings is 1. The van der Waals surface area contributed by atoms with Crippen molar-refractivity contribution in [3.8, 4) is 0 Å². The van der Waals surface area contributed by atoms with Gasteiger partial charge in [-0.25, -0.2) is 8.42 Å². The number of nitrogens with zero attached hydrogens (tertiary/aromatic N) is 1. The Labute approximate surface area is 123 Å². The molecule has 4 nitrogen and oxygen atoms in total. The molecule has 20 heavy (non-hydrogen) atoms. The van der Waals surface area contributed by atoms with Gasteiger partial charge < -0.3 is 5.32 Å². The Bertz CT molecular complexity index is 527. The van der Waals surface area contributed by atoms with Gasteiger partial charge in [0.2, 0.25) is 10.0 Å². The van der Waals surface area contributed by atoms with Crippen LogP contribution in [0.4, 0.5) is 0 Å². The van der Waals surface area contributed by atoms with E-state index in [1.807, 2.05) is 33.8 Å². The first kappa shape index (κ1) is 17.1. The fraction of sp³-hybridized carbons (Fsp3) is 0.600. The van der Waals surface area contributed by atoms with Crippen LogP contribution in [0.15, 0.2) is 23.1 Å². The zero-order valence-electron chi connectivity index (χ0n) is 12.9. The van der Waals surface area contributed by atoms with Crippen molar-refractivity contribution in [2.24, 2.45) is 0 Å². The van der Waals surface area contributed by atoms with Gasteiger partial charge in [0.15, 0.2) is 0 Å². The van der Waals surface area contributed by atoms with Gasteiger partial charge in [-0.1, -0.05) is 26.8 Å². The second-order valence-electron chi connectivity index (χ2n) is 4.87. The second-order valence-corrected chi connectivity index (χ2v) is 6.80. The van der Waals surface area contributed by atoms with Gasteiger partial charge in [-0.15, -0.1) is 0 Å². The summed E-state index contributed by atoms with van der Waals surface area (Å²) in [5, 5.41) is 3.24. The van der Waals surface area contributed by atoms with Crippen molar-refractivity contribution in [1.82, 2.24) is 9.62 Å². The summed E-state index contributed by atoms with van der Waals surface area (Å²) < 4.78 is 26.7. The van der Waals surface area contributed by atoms with Crippen molar-refractivity contribution in [3.05, 3.63) is 29.3 Å². The predicted molar refractivity (Wildman–Crippen MR) is 83.3 cm³/mol. The van der Waals surface area contributed by atoms with Crippen molar-refractivity contribution in [1.29, 1.82) is 0 Å². The molecule has 0 fully saturated rings. The van der Waals surface area contributed by atoms with E-state index in [2.05, 4.69) is 5.32 Å². The van der Waals surface area contributed by atoms with Crippen LogP contribution in [-0.4, -0.2) is 32.4 Å². The smallest absolute Gasteiger partial charge is 0.243 e. The largest absolute Gasteiger partial charge is 0.313 e. The van der Waals surface area contributed by atoms with Crippen LogP contribution in [0.2, 0.25) is 0 Å². The third-order valence-electron chi connectivity index (χ3n) is 3.35. The highest BCUT2D eigenvalue weighted by atomic mass is 32.2. The normalized spacial score (nSPS) is 12.1. The van der Waals surface area contributed by atoms with Crippen LogP contribution in [0, 0.1) is 6.92 Å². The summed E-state index contributed by atoms with van der Waals surface area (Å²) in [5.74, 6) is 0. The van der Waals surface area contributed by atoms with Crippen molar-refractivity contribution < 1.29 is 8.42 Å². The first-order valence-electron chi connectivity index (χ1n) is 7.27. The summed E-state index contributed by atoms with van der Waals surface area (Å²) in [6.45, 7) is 10.5. The molecule has 114 valence electrons. The minimum Gasteiger partial charge on any atom is -0.313 e. The van der Waals surface area contributed by atoms with E-state index in [0.717, 1.165) is 24.1 Å². The maximum absolute atomic E-state index is 12.6. The first-order valence-corrected chi connectivity index (χ1v) is 8.71. The van der Waals surface area contributed by atoms with E-state index in [9.17, 15) is 8.42 Å². The van der Waals surface area contributed by atoms with Gasteiger partial charge in [-0.2, -0.15) is 4.31 Å². The molecule has 0 amide bonds. The summed E-state index contributed by atoms with van der Waals surface area (Å²) in [4.78, 5) is 0.395. The number of nitrogens with one attached hydrogen (secondary N) is 1. The Morgan fingerprint density at radius 1 is 1.20 bits per heavy atom. The molecule has 0 aromatic heterocycles. The average molecular weight is 298 g/mol. The van der Waals surface area contributed by atoms with Gasteiger partial charge in [0.05, 0.1) is 4.90 Å². The van der Waals surface area contributed by atoms with Crippen LogP contribution in [-0.2, 0) is 16.6 Å². The van der Waals surface area contributed by atoms with Gasteiger partial charge >= 0.3 is 0 Å². The van der Waals surface area contributed by atoms with Crippen molar-refractivity contribution in [2.75, 3.05) is 19.6 Å². The molecule has 0 radical (unpaired) electrons. The van der Waals surface area contributed by atoms with Crippen LogP contribution >= 0.6 is 0 Å². The fourth-order valence-electron chi connectivity index (χ4n) is 2.11. The first-order chi connectivity index (χ1) is 9.47. The van der Waals surface area contributed by atoms with Crippen LogP contribution in [0.3, 0.4) is 0 Å². The zero-order chi connectivity index (χ0) is 15.2. The fourth-order valence-corrected chi connectivity index (χ4v) is 3.70. The van der Waals surface area contributed by atoms with Crippen LogP contribution in [0.1, 0.15) is 38.3 Å². The maximum Gasteiger partial charge on any atom is 0.243 e. The molecule has 0 saturated heterocycles. The lowest BCUT2D eigenvalue weighted by molar-refractivity contribution is 0.427. The zero-order valence-corrected chi connectivity index (χ0v) is 13.8. The number of sulfonamides is 1. The molecule has 1 N–H and O–H groups in total. The molecular formula is C15H26N2O2S. The van der Waals surface area contributed by atoms with Gasteiger partial charge in [-0.05, 0) is 43.1 Å². The lowest BCUT2D eigenvalue weighted by atomic mass is 10.1. The molecule has 0 heterocycles. The molecule has 0 aliphatic rings. The van der Waals surface area contributed by atoms with E-state index in [1.54, 1.807) is 12.1 Å². The lowest BCUT2D eigenvalue weighted by Gasteiger charge is -2.20. The Hall–Kier alpha value is -0.910. The Kier molecular flexibility index (Phi) is 6.65. The minimum absolute atomic E-state index is 0.395. The molecule has 0 aliphatic heterocycles. The third kappa shape index (κ3) is 4.04. The quantitative estimate of drug-likeness (QED) is 0.802. The molecule has 1 aromatic rings. The molecule has 5 heteroatoms. The number of hydrogen-bond donors (Lipinski definition) is 1. The van der Waals surface area contributed by atoms with Gasteiger partial charge in [0.25, 0.3) is 0 Å². The Balaban J connectivity index is 3.11. The van der Waals surface area contributed by atoms with E-state index >= 15 is 0 Å². The van der Waals surface area contributed by atoms with Crippen LogP contribution < -0.4 is 5.32 Å². The summed E-state index contributed by atoms with van der Waals surface area (Å²) in [6, 6.07) is 5.39. The standard InChI is InChI=1S/C15H26N2O2S/c1-5-10-17(7-3)20(18,19)15-9-8-13(4)14(11-15)12-16-6-2/h8-9,11,16H,5-7,10,12H2,1-4H3. The topological polar surface area (TPSA) is 49.4 Å². The number of hydrogen-bond acceptors (Lipinski definition) is 3. The van der Waals surface area contributed by atoms with E-state index in [4.69, 9.17) is 0 Å². The van der Waals surface area contributed by atoms with Crippen LogP contribution in [0.25, 0.3) is 0 Å². The monoisotopic (exact) mass is 298 g/mol. The average Bonchev–Trinajstić information content (AvgIpc) is 2.43. The minimum atomic E-state index is -3.37. The highest BCUT2D eigenvalue weighted by Gasteiger charge is 2.22. The summed E-state index contributed by atoms with van der Waals surface area (Å²) in [7, 11) is -3.37. The third-order valence-corrected chi connectivity index (χ3v) is 5.32. The van der Waals surface area contributed by atoms with Crippen molar-refractivity contribution >= 4 is 10.0 Å². The van der Waals surface area contributed by atoms with Crippen molar-refractivity contribution in [3.63, 3.8) is 0 Å². The SMILES string of the molecule is CCCN(CC)S(=O)(=O)c1ccc(C)c(CNCC)c1. The van der Waals surface area contributed by atoms with E-state index in [0.29, 0.717) is 24.5 Å². The molecule has 1 aromatic carbocycles. The molecule has 1 rings (SSSR count). The molecule has 0 spiro atoms. The van der Waals surface area contributed by atoms with Crippen molar-refractivity contribution in [2.45, 2.75) is 45.6 Å². The van der Waals surface area contributed by atoms with Gasteiger partial charge in [0, 0.05) is 19.6 Å². The molecule has 0 saturated carbocycles. The molecule has 0 unspecified atom stereocenters. The molecule has 0 bridgehead atoms. The maximum atomic E-state index is 12.6. The lowest BCUT2D eigenvalue weighted by Crippen LogP contribution is -2.31. The molecule has 0 aliphatic carbocycles. The Morgan fingerprint density at radius 3 is 2.45 bits per heavy atom. The second kappa shape index (κ2) is 7.76. The highest BCUT2D eigenvalue weighted by molar-refractivity contribution is 7.89. The predicted octanol–water partition coefficient (Wildman–Crippen LogP) is 2.53. The van der Waals surface area contributed by atoms with E-state index in [1.165, 1.54) is 4.31 Å². The number of aryl methyl sites for hydroxylation is 1. The summed E-state index contributed by atoms with van der Waals surface area (Å²) >= 11 is 0. The van der Waals surface area contributed by atoms with Gasteiger partial charge in [0.1, 0.15) is 0 Å². The van der Waals surface area contributed by atoms with Gasteiger partial charge in [-0.3, -0.25) is 0 Å². The summed E-state index contributed by atoms with van der Waals surface area (Å²) in [5.41, 5.74) is 2.16. The summed E-state index contributed by atoms with van der Waals surface area (Å²) in [6.07, 6.45) is 0.823. The van der Waals surface area contributed by atoms with E-state index < -0.39 is 10.0 Å². The molecule has 0 atom stereocenters. The Morgan fingerprint density at radius 2 is 1.90 bits per heavy atom. The van der Waals surface area contributed by atoms with E-state index in [-0.39, 0.29) is 0 Å². The molecular weight excluding hydrogens is 272 g/mol. The highest BCUT2D eigenvalue weighted by Crippen LogP contribution is 2.19.